The Kier molecular flexibility index (Phi) is 4.49. The zero-order valence-electron chi connectivity index (χ0n) is 11.7. The van der Waals surface area contributed by atoms with Crippen molar-refractivity contribution in [3.63, 3.8) is 0 Å². The number of carbonyl (C=O) groups excluding carboxylic acids is 2. The first-order valence-electron chi connectivity index (χ1n) is 6.83. The summed E-state index contributed by atoms with van der Waals surface area (Å²) in [5.74, 6) is -2.95. The molecule has 9 heteroatoms. The molecule has 2 aliphatic heterocycles. The molecular weight excluding hydrogens is 284 g/mol. The van der Waals surface area contributed by atoms with E-state index in [-0.39, 0.29) is 25.5 Å². The third-order valence-electron chi connectivity index (χ3n) is 4.23. The topological polar surface area (TPSA) is 163 Å². The van der Waals surface area contributed by atoms with Crippen molar-refractivity contribution in [2.24, 2.45) is 0 Å². The zero-order chi connectivity index (χ0) is 15.8. The van der Waals surface area contributed by atoms with E-state index in [1.54, 1.807) is 12.4 Å². The monoisotopic (exact) mass is 304 g/mol. The van der Waals surface area contributed by atoms with Crippen LogP contribution in [0.3, 0.4) is 0 Å². The van der Waals surface area contributed by atoms with Gasteiger partial charge in [0.2, 0.25) is 0 Å². The second kappa shape index (κ2) is 5.85. The van der Waals surface area contributed by atoms with Crippen LogP contribution in [0, 0.1) is 0 Å². The molecular formula is C12H20N2O7. The molecule has 9 nitrogen and oxygen atoms in total. The minimum absolute atomic E-state index is 0.0314. The van der Waals surface area contributed by atoms with Crippen molar-refractivity contribution in [2.75, 3.05) is 13.7 Å². The third kappa shape index (κ3) is 2.87. The van der Waals surface area contributed by atoms with E-state index in [1.165, 1.54) is 0 Å². The molecule has 0 spiro atoms. The molecule has 2 aliphatic rings. The Morgan fingerprint density at radius 3 is 2.71 bits per heavy atom. The number of carbonyl (C=O) groups is 2. The Labute approximate surface area is 121 Å². The molecule has 120 valence electrons. The Morgan fingerprint density at radius 2 is 2.19 bits per heavy atom. The number of nitrogens with two attached hydrogens (primary N) is 1. The molecule has 0 amide bonds. The maximum Gasteiger partial charge on any atom is 0.143 e. The average Bonchev–Trinajstić information content (AvgIpc) is 2.78. The van der Waals surface area contributed by atoms with E-state index in [0.29, 0.717) is 0 Å². The van der Waals surface area contributed by atoms with Crippen LogP contribution in [-0.2, 0) is 19.1 Å². The summed E-state index contributed by atoms with van der Waals surface area (Å²) >= 11 is 0. The van der Waals surface area contributed by atoms with E-state index in [4.69, 9.17) is 9.47 Å². The van der Waals surface area contributed by atoms with Crippen molar-refractivity contribution in [1.29, 1.82) is 0 Å². The molecule has 0 aromatic heterocycles. The van der Waals surface area contributed by atoms with Gasteiger partial charge in [-0.15, -0.1) is 0 Å². The third-order valence-corrected chi connectivity index (χ3v) is 4.23. The first kappa shape index (κ1) is 16.1. The number of aliphatic hydroxyl groups is 1. The van der Waals surface area contributed by atoms with Gasteiger partial charge in [-0.3, -0.25) is 0 Å². The number of aliphatic hydroxyl groups excluding tert-OH is 1. The van der Waals surface area contributed by atoms with E-state index in [0.717, 1.165) is 0 Å². The maximum absolute atomic E-state index is 11.5. The van der Waals surface area contributed by atoms with Gasteiger partial charge in [-0.05, 0) is 0 Å². The molecule has 2 fully saturated rings. The van der Waals surface area contributed by atoms with Crippen LogP contribution in [0.2, 0.25) is 0 Å². The summed E-state index contributed by atoms with van der Waals surface area (Å²) in [5.41, 5.74) is 1.58. The van der Waals surface area contributed by atoms with Crippen LogP contribution in [0.15, 0.2) is 0 Å². The van der Waals surface area contributed by atoms with Gasteiger partial charge >= 0.3 is 0 Å². The summed E-state index contributed by atoms with van der Waals surface area (Å²) in [7, 11) is 1.74. The molecule has 2 saturated heterocycles. The van der Waals surface area contributed by atoms with E-state index < -0.39 is 41.9 Å². The number of rotatable bonds is 5. The highest BCUT2D eigenvalue weighted by Gasteiger charge is 2.56. The quantitative estimate of drug-likeness (QED) is 0.454. The molecule has 6 atom stereocenters. The van der Waals surface area contributed by atoms with Gasteiger partial charge in [-0.1, -0.05) is 0 Å². The van der Waals surface area contributed by atoms with E-state index in [1.807, 2.05) is 0 Å². The summed E-state index contributed by atoms with van der Waals surface area (Å²) in [6.07, 6.45) is -2.35. The summed E-state index contributed by atoms with van der Waals surface area (Å²) in [4.78, 5) is 22.3. The van der Waals surface area contributed by atoms with Crippen molar-refractivity contribution in [3.8, 4) is 0 Å². The molecule has 21 heavy (non-hydrogen) atoms. The first-order valence-corrected chi connectivity index (χ1v) is 6.83. The van der Waals surface area contributed by atoms with Crippen molar-refractivity contribution in [2.45, 2.75) is 48.8 Å². The lowest BCUT2D eigenvalue weighted by molar-refractivity contribution is -0.684. The van der Waals surface area contributed by atoms with Gasteiger partial charge in [0.25, 0.3) is 0 Å². The van der Waals surface area contributed by atoms with Gasteiger partial charge in [0.05, 0.1) is 31.7 Å². The first-order chi connectivity index (χ1) is 9.80. The highest BCUT2D eigenvalue weighted by atomic mass is 16.6. The number of carboxylic acids is 2. The lowest BCUT2D eigenvalue weighted by atomic mass is 9.89. The number of fused-ring (bicyclic) bond motifs is 1. The fraction of sp³-hybridized carbons (Fsp3) is 0.833. The van der Waals surface area contributed by atoms with Gasteiger partial charge in [-0.25, -0.2) is 0 Å². The SMILES string of the molecule is C[NH2+]C1[C@H](O)CO[C@@H]2C[C@](C[C@H]([NH3+])C(=O)[O-])(C(=O)[O-])O[C@H]12. The maximum atomic E-state index is 11.5. The number of carboxylic acid groups (broad SMARTS) is 2. The lowest BCUT2D eigenvalue weighted by Gasteiger charge is -2.34. The van der Waals surface area contributed by atoms with Crippen LogP contribution in [0.5, 0.6) is 0 Å². The molecule has 0 aromatic rings. The Balaban J connectivity index is 2.22. The van der Waals surface area contributed by atoms with E-state index >= 15 is 0 Å². The number of hydrogen-bond acceptors (Lipinski definition) is 7. The van der Waals surface area contributed by atoms with Crippen LogP contribution in [0.1, 0.15) is 12.8 Å². The zero-order valence-corrected chi connectivity index (χ0v) is 11.7. The molecule has 0 aliphatic carbocycles. The molecule has 0 bridgehead atoms. The summed E-state index contributed by atoms with van der Waals surface area (Å²) in [5, 5.41) is 33.9. The fourth-order valence-corrected chi connectivity index (χ4v) is 3.10. The van der Waals surface area contributed by atoms with Gasteiger partial charge in [0.15, 0.2) is 0 Å². The molecule has 0 aromatic carbocycles. The van der Waals surface area contributed by atoms with Gasteiger partial charge < -0.3 is 45.4 Å². The molecule has 2 rings (SSSR count). The Hall–Kier alpha value is -1.26. The summed E-state index contributed by atoms with van der Waals surface area (Å²) in [6.45, 7) is 0.0803. The van der Waals surface area contributed by atoms with Crippen LogP contribution in [0.4, 0.5) is 0 Å². The summed E-state index contributed by atoms with van der Waals surface area (Å²) < 4.78 is 11.0. The molecule has 2 heterocycles. The van der Waals surface area contributed by atoms with Crippen LogP contribution >= 0.6 is 0 Å². The highest BCUT2D eigenvalue weighted by molar-refractivity contribution is 5.78. The van der Waals surface area contributed by atoms with E-state index in [9.17, 15) is 24.9 Å². The van der Waals surface area contributed by atoms with Crippen LogP contribution in [0.25, 0.3) is 0 Å². The van der Waals surface area contributed by atoms with Gasteiger partial charge in [0, 0.05) is 12.8 Å². The summed E-state index contributed by atoms with van der Waals surface area (Å²) in [6, 6.07) is -1.62. The van der Waals surface area contributed by atoms with Crippen molar-refractivity contribution < 1.29 is 45.4 Å². The van der Waals surface area contributed by atoms with E-state index in [2.05, 4.69) is 5.73 Å². The highest BCUT2D eigenvalue weighted by Crippen LogP contribution is 2.38. The number of quaternary nitrogens is 2. The molecule has 0 radical (unpaired) electrons. The van der Waals surface area contributed by atoms with Crippen LogP contribution < -0.4 is 21.3 Å². The number of aliphatic carboxylic acids is 2. The number of hydrogen-bond donors (Lipinski definition) is 3. The van der Waals surface area contributed by atoms with Crippen molar-refractivity contribution in [1.82, 2.24) is 0 Å². The smallest absolute Gasteiger partial charge is 0.143 e. The lowest BCUT2D eigenvalue weighted by Crippen LogP contribution is -2.93. The Morgan fingerprint density at radius 1 is 1.52 bits per heavy atom. The van der Waals surface area contributed by atoms with Gasteiger partial charge in [-0.2, -0.15) is 0 Å². The molecule has 6 N–H and O–H groups in total. The predicted octanol–water partition coefficient (Wildman–Crippen LogP) is -6.66. The van der Waals surface area contributed by atoms with Crippen molar-refractivity contribution >= 4 is 11.9 Å². The second-order valence-corrected chi connectivity index (χ2v) is 5.64. The average molecular weight is 304 g/mol. The molecule has 1 unspecified atom stereocenters. The Bertz CT molecular complexity index is 432. The fourth-order valence-electron chi connectivity index (χ4n) is 3.10. The molecule has 0 saturated carbocycles. The van der Waals surface area contributed by atoms with Crippen molar-refractivity contribution in [3.05, 3.63) is 0 Å². The van der Waals surface area contributed by atoms with Gasteiger partial charge in [0.1, 0.15) is 29.9 Å². The largest absolute Gasteiger partial charge is 0.547 e. The minimum atomic E-state index is -1.78. The normalized spacial score (nSPS) is 40.5. The standard InChI is InChI=1S/C12H20N2O7/c1-14-8-6(15)4-20-7-3-12(11(18)19,21-9(7)8)2-5(13)10(16)17/h5-9,14-15H,2-4,13H2,1H3,(H,16,17)(H,18,19)/t5-,6+,7+,8?,9-,12+/m0/s1. The number of likely N-dealkylation sites (N-methyl/N-ethyl adjacent to an activating group) is 1. The number of ether oxygens (including phenoxy) is 2. The minimum Gasteiger partial charge on any atom is -0.547 e. The second-order valence-electron chi connectivity index (χ2n) is 5.64. The van der Waals surface area contributed by atoms with Crippen LogP contribution in [-0.4, -0.2) is 66.7 Å². The predicted molar refractivity (Wildman–Crippen MR) is 60.9 cm³/mol.